The molecule has 0 atom stereocenters. The molecular weight excluding hydrogens is 743 g/mol. The van der Waals surface area contributed by atoms with Gasteiger partial charge in [0.25, 0.3) is 0 Å². The third-order valence-electron chi connectivity index (χ3n) is 11.4. The summed E-state index contributed by atoms with van der Waals surface area (Å²) in [5.74, 6) is 0.620. The molecule has 0 unspecified atom stereocenters. The van der Waals surface area contributed by atoms with Gasteiger partial charge in [0.15, 0.2) is 17.5 Å². The Balaban J connectivity index is 1.10. The highest BCUT2D eigenvalue weighted by Gasteiger charge is 2.18. The Morgan fingerprint density at radius 3 is 1.41 bits per heavy atom. The smallest absolute Gasteiger partial charge is 0.164 e. The van der Waals surface area contributed by atoms with Gasteiger partial charge >= 0.3 is 0 Å². The van der Waals surface area contributed by atoms with E-state index >= 15 is 0 Å². The highest BCUT2D eigenvalue weighted by atomic mass is 16.3. The average molecular weight is 784 g/mol. The standard InChI is InChI=1S/C57H35N3O/c1-3-14-36(15-4-1)38-18-11-20-41(32-38)55-58-56(42-21-12-19-39(33-42)37-16-5-2-6-17-37)60-57(59-55)43-29-31-50-53(35-43)61-52-27-13-26-44(54(50)52)40-28-30-49-47-24-8-7-22-45(47)46-23-9-10-25-48(46)51(49)34-40/h1-35H/i13D,26D,27D,29D,31D,35D. The van der Waals surface area contributed by atoms with Crippen LogP contribution in [0, 0.1) is 0 Å². The molecule has 0 saturated carbocycles. The number of rotatable bonds is 6. The van der Waals surface area contributed by atoms with Crippen LogP contribution in [0.5, 0.6) is 0 Å². The molecule has 2 heterocycles. The van der Waals surface area contributed by atoms with Gasteiger partial charge in [-0.05, 0) is 102 Å². The van der Waals surface area contributed by atoms with Crippen LogP contribution >= 0.6 is 0 Å². The fourth-order valence-corrected chi connectivity index (χ4v) is 8.52. The molecule has 4 nitrogen and oxygen atoms in total. The lowest BCUT2D eigenvalue weighted by molar-refractivity contribution is 0.669. The molecule has 284 valence electrons. The van der Waals surface area contributed by atoms with Gasteiger partial charge in [0.05, 0.1) is 8.22 Å². The minimum atomic E-state index is -0.350. The Bertz CT molecular complexity index is 3870. The fourth-order valence-electron chi connectivity index (χ4n) is 8.52. The van der Waals surface area contributed by atoms with Gasteiger partial charge in [0, 0.05) is 27.5 Å². The molecule has 0 aliphatic rings. The minimum absolute atomic E-state index is 0.00315. The molecule has 10 aromatic carbocycles. The predicted octanol–water partition coefficient (Wildman–Crippen LogP) is 15.2. The summed E-state index contributed by atoms with van der Waals surface area (Å²) in [6, 6.07) is 56.2. The van der Waals surface area contributed by atoms with E-state index in [9.17, 15) is 5.48 Å². The molecule has 0 fully saturated rings. The number of nitrogens with zero attached hydrogens (tertiary/aromatic N) is 3. The van der Waals surface area contributed by atoms with Gasteiger partial charge < -0.3 is 4.42 Å². The topological polar surface area (TPSA) is 51.8 Å². The molecule has 12 aromatic rings. The van der Waals surface area contributed by atoms with E-state index in [-0.39, 0.29) is 75.1 Å². The third-order valence-corrected chi connectivity index (χ3v) is 11.4. The molecule has 0 saturated heterocycles. The van der Waals surface area contributed by atoms with Gasteiger partial charge in [-0.1, -0.05) is 176 Å². The lowest BCUT2D eigenvalue weighted by Gasteiger charge is -2.12. The lowest BCUT2D eigenvalue weighted by Crippen LogP contribution is -2.00. The molecule has 0 N–H and O–H groups in total. The fraction of sp³-hybridized carbons (Fsp3) is 0. The van der Waals surface area contributed by atoms with E-state index in [0.29, 0.717) is 28.3 Å². The Labute approximate surface area is 360 Å². The van der Waals surface area contributed by atoms with Crippen molar-refractivity contribution in [2.45, 2.75) is 0 Å². The highest BCUT2D eigenvalue weighted by Crippen LogP contribution is 2.42. The number of hydrogen-bond donors (Lipinski definition) is 0. The van der Waals surface area contributed by atoms with Crippen LogP contribution in [0.3, 0.4) is 0 Å². The quantitative estimate of drug-likeness (QED) is 0.158. The summed E-state index contributed by atoms with van der Waals surface area (Å²) >= 11 is 0. The van der Waals surface area contributed by atoms with Crippen LogP contribution in [-0.2, 0) is 0 Å². The van der Waals surface area contributed by atoms with E-state index in [2.05, 4.69) is 24.3 Å². The molecule has 12 rings (SSSR count). The molecule has 2 aromatic heterocycles. The Morgan fingerprint density at radius 1 is 0.328 bits per heavy atom. The summed E-state index contributed by atoms with van der Waals surface area (Å²) < 4.78 is 62.9. The molecular formula is C57H35N3O. The Hall–Kier alpha value is -8.21. The molecule has 0 aliphatic carbocycles. The van der Waals surface area contributed by atoms with Crippen molar-refractivity contribution in [3.8, 4) is 67.5 Å². The van der Waals surface area contributed by atoms with Crippen LogP contribution in [0.15, 0.2) is 217 Å². The normalized spacial score (nSPS) is 13.0. The summed E-state index contributed by atoms with van der Waals surface area (Å²) in [4.78, 5) is 14.9. The van der Waals surface area contributed by atoms with Crippen molar-refractivity contribution >= 4 is 54.3 Å². The maximum absolute atomic E-state index is 9.77. The summed E-state index contributed by atoms with van der Waals surface area (Å²) in [5.41, 5.74) is 6.01. The van der Waals surface area contributed by atoms with Crippen molar-refractivity contribution in [2.75, 3.05) is 0 Å². The summed E-state index contributed by atoms with van der Waals surface area (Å²) in [6.45, 7) is 0. The van der Waals surface area contributed by atoms with E-state index < -0.39 is 0 Å². The summed E-state index contributed by atoms with van der Waals surface area (Å²) in [7, 11) is 0. The van der Waals surface area contributed by atoms with E-state index in [1.165, 1.54) is 0 Å². The summed E-state index contributed by atoms with van der Waals surface area (Å²) in [5, 5.41) is 6.58. The van der Waals surface area contributed by atoms with Gasteiger partial charge in [0.2, 0.25) is 0 Å². The predicted molar refractivity (Wildman–Crippen MR) is 252 cm³/mol. The second-order valence-electron chi connectivity index (χ2n) is 15.1. The third kappa shape index (κ3) is 6.04. The number of hydrogen-bond acceptors (Lipinski definition) is 4. The number of aromatic nitrogens is 3. The second-order valence-corrected chi connectivity index (χ2v) is 15.1. The lowest BCUT2D eigenvalue weighted by atomic mass is 9.91. The largest absolute Gasteiger partial charge is 0.456 e. The van der Waals surface area contributed by atoms with Crippen molar-refractivity contribution in [2.24, 2.45) is 0 Å². The van der Waals surface area contributed by atoms with Gasteiger partial charge in [-0.2, -0.15) is 0 Å². The first-order chi connectivity index (χ1) is 32.7. The van der Waals surface area contributed by atoms with Crippen molar-refractivity contribution < 1.29 is 12.6 Å². The minimum Gasteiger partial charge on any atom is -0.456 e. The number of benzene rings is 10. The molecule has 0 bridgehead atoms. The zero-order valence-electron chi connectivity index (χ0n) is 38.5. The van der Waals surface area contributed by atoms with Gasteiger partial charge in [0.1, 0.15) is 11.2 Å². The van der Waals surface area contributed by atoms with Gasteiger partial charge in [-0.3, -0.25) is 0 Å². The molecule has 0 spiro atoms. The first-order valence-corrected chi connectivity index (χ1v) is 20.1. The van der Waals surface area contributed by atoms with Crippen LogP contribution in [0.2, 0.25) is 0 Å². The molecule has 0 radical (unpaired) electrons. The monoisotopic (exact) mass is 783 g/mol. The highest BCUT2D eigenvalue weighted by molar-refractivity contribution is 6.26. The average Bonchev–Trinajstić information content (AvgIpc) is 3.79. The maximum Gasteiger partial charge on any atom is 0.164 e. The van der Waals surface area contributed by atoms with Gasteiger partial charge in [-0.15, -0.1) is 0 Å². The van der Waals surface area contributed by atoms with E-state index in [1.54, 1.807) is 0 Å². The summed E-state index contributed by atoms with van der Waals surface area (Å²) in [6.07, 6.45) is 0. The zero-order chi connectivity index (χ0) is 45.5. The van der Waals surface area contributed by atoms with Crippen LogP contribution in [0.4, 0.5) is 0 Å². The van der Waals surface area contributed by atoms with Crippen LogP contribution in [0.1, 0.15) is 8.22 Å². The van der Waals surface area contributed by atoms with Crippen molar-refractivity contribution in [1.29, 1.82) is 0 Å². The molecule has 61 heavy (non-hydrogen) atoms. The van der Waals surface area contributed by atoms with E-state index in [4.69, 9.17) is 22.1 Å². The SMILES string of the molecule is [2H]c1c([2H])c(-c2ccc3c4ccccc4c4ccccc4c3c2)c2c(oc3c([2H])c(-c4nc(-c5cccc(-c6ccccc6)c5)nc(-c5cccc(-c6ccccc6)c5)n4)c([2H])c([2H])c32)c1[2H]. The molecule has 0 aliphatic heterocycles. The van der Waals surface area contributed by atoms with Crippen LogP contribution in [-0.4, -0.2) is 15.0 Å². The van der Waals surface area contributed by atoms with Crippen molar-refractivity contribution in [3.63, 3.8) is 0 Å². The van der Waals surface area contributed by atoms with E-state index in [1.807, 2.05) is 152 Å². The first-order valence-electron chi connectivity index (χ1n) is 23.1. The zero-order valence-corrected chi connectivity index (χ0v) is 32.5. The number of fused-ring (bicyclic) bond motifs is 9. The van der Waals surface area contributed by atoms with Crippen molar-refractivity contribution in [1.82, 2.24) is 15.0 Å². The van der Waals surface area contributed by atoms with Crippen LogP contribution < -0.4 is 0 Å². The van der Waals surface area contributed by atoms with Crippen LogP contribution in [0.25, 0.3) is 122 Å². The Morgan fingerprint density at radius 2 is 0.820 bits per heavy atom. The molecule has 0 amide bonds. The maximum atomic E-state index is 9.77. The van der Waals surface area contributed by atoms with Crippen molar-refractivity contribution in [3.05, 3.63) is 212 Å². The number of furan rings is 1. The van der Waals surface area contributed by atoms with Gasteiger partial charge in [-0.25, -0.2) is 15.0 Å². The first kappa shape index (κ1) is 29.1. The molecule has 4 heteroatoms. The Kier molecular flexibility index (Phi) is 6.80. The van der Waals surface area contributed by atoms with E-state index in [0.717, 1.165) is 54.6 Å². The second kappa shape index (κ2) is 14.3.